The number of hydrogen-bond donors (Lipinski definition) is 0. The van der Waals surface area contributed by atoms with Gasteiger partial charge >= 0.3 is 0 Å². The highest BCUT2D eigenvalue weighted by Gasteiger charge is 2.22. The second kappa shape index (κ2) is 13.9. The van der Waals surface area contributed by atoms with Gasteiger partial charge in [0.1, 0.15) is 0 Å². The van der Waals surface area contributed by atoms with Crippen LogP contribution in [-0.2, 0) is 0 Å². The zero-order chi connectivity index (χ0) is 34.8. The molecule has 4 nitrogen and oxygen atoms in total. The molecule has 1 aromatic heterocycles. The molecule has 0 N–H and O–H groups in total. The average molecular weight is 651 g/mol. The van der Waals surface area contributed by atoms with Crippen molar-refractivity contribution in [2.24, 2.45) is 0 Å². The lowest BCUT2D eigenvalue weighted by Crippen LogP contribution is -2.16. The zero-order valence-electron chi connectivity index (χ0n) is 29.6. The van der Waals surface area contributed by atoms with Crippen LogP contribution in [0, 0.1) is 41.5 Å². The van der Waals surface area contributed by atoms with E-state index in [1.54, 1.807) is 12.4 Å². The fourth-order valence-corrected chi connectivity index (χ4v) is 7.41. The predicted octanol–water partition coefficient (Wildman–Crippen LogP) is 12.6. The van der Waals surface area contributed by atoms with Crippen molar-refractivity contribution in [1.82, 2.24) is 9.97 Å². The van der Waals surface area contributed by atoms with Gasteiger partial charge in [0.25, 0.3) is 0 Å². The Morgan fingerprint density at radius 1 is 0.420 bits per heavy atom. The third-order valence-electron chi connectivity index (χ3n) is 9.29. The normalized spacial score (nSPS) is 11.0. The second-order valence-corrected chi connectivity index (χ2v) is 13.2. The van der Waals surface area contributed by atoms with Crippen LogP contribution in [0.3, 0.4) is 0 Å². The molecule has 1 heterocycles. The van der Waals surface area contributed by atoms with E-state index in [9.17, 15) is 0 Å². The topological polar surface area (TPSA) is 32.3 Å². The molecule has 7 rings (SSSR count). The molecule has 7 aromatic rings. The van der Waals surface area contributed by atoms with Gasteiger partial charge in [-0.2, -0.15) is 0 Å². The van der Waals surface area contributed by atoms with Crippen LogP contribution in [0.15, 0.2) is 146 Å². The quantitative estimate of drug-likeness (QED) is 0.164. The summed E-state index contributed by atoms with van der Waals surface area (Å²) in [7, 11) is 0. The minimum absolute atomic E-state index is 0.751. The van der Waals surface area contributed by atoms with Crippen molar-refractivity contribution in [3.8, 4) is 22.3 Å². The van der Waals surface area contributed by atoms with Crippen LogP contribution in [0.4, 0.5) is 34.3 Å². The Labute approximate surface area is 296 Å². The van der Waals surface area contributed by atoms with Gasteiger partial charge in [0.15, 0.2) is 5.82 Å². The van der Waals surface area contributed by atoms with Crippen molar-refractivity contribution < 1.29 is 0 Å². The van der Waals surface area contributed by atoms with Crippen molar-refractivity contribution in [3.63, 3.8) is 0 Å². The van der Waals surface area contributed by atoms with Gasteiger partial charge in [-0.25, -0.2) is 4.98 Å². The predicted molar refractivity (Wildman–Crippen MR) is 211 cm³/mol. The van der Waals surface area contributed by atoms with Crippen LogP contribution >= 0.6 is 0 Å². The van der Waals surface area contributed by atoms with E-state index in [2.05, 4.69) is 184 Å². The van der Waals surface area contributed by atoms with E-state index < -0.39 is 0 Å². The van der Waals surface area contributed by atoms with Gasteiger partial charge in [-0.15, -0.1) is 0 Å². The summed E-state index contributed by atoms with van der Waals surface area (Å²) in [6.07, 6.45) is 5.29. The maximum atomic E-state index is 4.77. The summed E-state index contributed by atoms with van der Waals surface area (Å²) < 4.78 is 0. The largest absolute Gasteiger partial charge is 0.309 e. The van der Waals surface area contributed by atoms with Crippen LogP contribution in [0.5, 0.6) is 0 Å². The van der Waals surface area contributed by atoms with Crippen LogP contribution in [0.1, 0.15) is 33.4 Å². The first-order valence-electron chi connectivity index (χ1n) is 17.2. The molecule has 0 radical (unpaired) electrons. The van der Waals surface area contributed by atoms with Crippen molar-refractivity contribution in [2.75, 3.05) is 9.80 Å². The molecular formula is C46H42N4. The Morgan fingerprint density at radius 3 is 1.46 bits per heavy atom. The lowest BCUT2D eigenvalue weighted by atomic mass is 9.94. The summed E-state index contributed by atoms with van der Waals surface area (Å²) in [5.41, 5.74) is 17.8. The molecule has 0 fully saturated rings. The molecule has 0 aliphatic rings. The SMILES string of the molecule is Cc1cc(C)c(N(c2ccc(N(c3cccc(-c4ccccc4-c4ccccc4)c3)c3cnccn3)cc2)c2c(C)cc(C)cc2C)c(C)c1. The van der Waals surface area contributed by atoms with Crippen LogP contribution in [-0.4, -0.2) is 9.97 Å². The molecule has 246 valence electrons. The summed E-state index contributed by atoms with van der Waals surface area (Å²) in [5, 5.41) is 0. The lowest BCUT2D eigenvalue weighted by Gasteiger charge is -2.32. The molecule has 0 bridgehead atoms. The van der Waals surface area contributed by atoms with Gasteiger partial charge in [0.05, 0.1) is 17.6 Å². The highest BCUT2D eigenvalue weighted by Crippen LogP contribution is 2.44. The fraction of sp³-hybridized carbons (Fsp3) is 0.130. The average Bonchev–Trinajstić information content (AvgIpc) is 3.12. The molecular weight excluding hydrogens is 609 g/mol. The Balaban J connectivity index is 1.35. The smallest absolute Gasteiger partial charge is 0.156 e. The van der Waals surface area contributed by atoms with Crippen molar-refractivity contribution >= 4 is 34.3 Å². The molecule has 0 amide bonds. The van der Waals surface area contributed by atoms with Crippen molar-refractivity contribution in [1.29, 1.82) is 0 Å². The van der Waals surface area contributed by atoms with Gasteiger partial charge in [0, 0.05) is 29.5 Å². The van der Waals surface area contributed by atoms with Gasteiger partial charge in [-0.1, -0.05) is 102 Å². The Hall–Kier alpha value is -6.00. The van der Waals surface area contributed by atoms with E-state index in [0.29, 0.717) is 0 Å². The van der Waals surface area contributed by atoms with E-state index >= 15 is 0 Å². The first-order chi connectivity index (χ1) is 24.3. The second-order valence-electron chi connectivity index (χ2n) is 13.2. The molecule has 0 unspecified atom stereocenters. The maximum Gasteiger partial charge on any atom is 0.156 e. The lowest BCUT2D eigenvalue weighted by molar-refractivity contribution is 1.12. The van der Waals surface area contributed by atoms with Crippen molar-refractivity contribution in [3.05, 3.63) is 179 Å². The number of rotatable bonds is 8. The summed E-state index contributed by atoms with van der Waals surface area (Å²) in [6, 6.07) is 45.8. The van der Waals surface area contributed by atoms with E-state index in [4.69, 9.17) is 4.98 Å². The molecule has 0 spiro atoms. The molecule has 4 heteroatoms. The Kier molecular flexibility index (Phi) is 9.02. The molecule has 0 aliphatic carbocycles. The minimum atomic E-state index is 0.751. The summed E-state index contributed by atoms with van der Waals surface area (Å²) in [4.78, 5) is 13.8. The summed E-state index contributed by atoms with van der Waals surface area (Å²) >= 11 is 0. The third kappa shape index (κ3) is 6.40. The number of hydrogen-bond acceptors (Lipinski definition) is 4. The standard InChI is InChI=1S/C46H42N4/c1-31-25-33(3)45(34(4)26-31)50(46-35(5)27-32(2)28-36(46)6)40-21-19-39(20-22-40)49(44-30-47-23-24-48-44)41-16-12-15-38(29-41)43-18-11-10-17-42(43)37-13-8-7-9-14-37/h7-30H,1-6H3. The third-order valence-corrected chi connectivity index (χ3v) is 9.29. The highest BCUT2D eigenvalue weighted by molar-refractivity contribution is 5.88. The van der Waals surface area contributed by atoms with E-state index in [0.717, 1.165) is 28.4 Å². The maximum absolute atomic E-state index is 4.77. The van der Waals surface area contributed by atoms with Gasteiger partial charge in [0.2, 0.25) is 0 Å². The van der Waals surface area contributed by atoms with Crippen molar-refractivity contribution in [2.45, 2.75) is 41.5 Å². The summed E-state index contributed by atoms with van der Waals surface area (Å²) in [6.45, 7) is 13.2. The van der Waals surface area contributed by atoms with Crippen LogP contribution in [0.2, 0.25) is 0 Å². The molecule has 0 atom stereocenters. The molecule has 0 saturated heterocycles. The number of anilines is 6. The first-order valence-corrected chi connectivity index (χ1v) is 17.2. The number of aryl methyl sites for hydroxylation is 6. The zero-order valence-corrected chi connectivity index (χ0v) is 29.6. The van der Waals surface area contributed by atoms with E-state index in [1.807, 2.05) is 6.20 Å². The molecule has 0 saturated carbocycles. The Bertz CT molecular complexity index is 2170. The fourth-order valence-electron chi connectivity index (χ4n) is 7.41. The van der Waals surface area contributed by atoms with E-state index in [-0.39, 0.29) is 0 Å². The van der Waals surface area contributed by atoms with Gasteiger partial charge < -0.3 is 4.90 Å². The summed E-state index contributed by atoms with van der Waals surface area (Å²) in [5.74, 6) is 0.751. The Morgan fingerprint density at radius 2 is 0.920 bits per heavy atom. The van der Waals surface area contributed by atoms with Crippen LogP contribution < -0.4 is 9.80 Å². The monoisotopic (exact) mass is 650 g/mol. The molecule has 0 aliphatic heterocycles. The number of aromatic nitrogens is 2. The minimum Gasteiger partial charge on any atom is -0.309 e. The van der Waals surface area contributed by atoms with Gasteiger partial charge in [-0.05, 0) is 122 Å². The first kappa shape index (κ1) is 32.5. The number of benzene rings is 6. The molecule has 6 aromatic carbocycles. The van der Waals surface area contributed by atoms with Gasteiger partial charge in [-0.3, -0.25) is 9.88 Å². The van der Waals surface area contributed by atoms with E-state index in [1.165, 1.54) is 61.4 Å². The highest BCUT2D eigenvalue weighted by atomic mass is 15.2. The number of nitrogens with zero attached hydrogens (tertiary/aromatic N) is 4. The molecule has 50 heavy (non-hydrogen) atoms. The van der Waals surface area contributed by atoms with Crippen LogP contribution in [0.25, 0.3) is 22.3 Å².